The molecule has 2 aromatic rings. The van der Waals surface area contributed by atoms with Crippen LogP contribution in [0.1, 0.15) is 6.42 Å². The number of aromatic nitrogens is 3. The van der Waals surface area contributed by atoms with Crippen LogP contribution in [0.25, 0.3) is 11.3 Å². The second kappa shape index (κ2) is 4.48. The zero-order valence-corrected chi connectivity index (χ0v) is 9.67. The van der Waals surface area contributed by atoms with Gasteiger partial charge < -0.3 is 15.2 Å². The van der Waals surface area contributed by atoms with Crippen LogP contribution in [-0.4, -0.2) is 28.4 Å². The Morgan fingerprint density at radius 1 is 1.11 bits per heavy atom. The lowest BCUT2D eigenvalue weighted by molar-refractivity contribution is 0.297. The second-order valence-electron chi connectivity index (χ2n) is 3.91. The third-order valence-electron chi connectivity index (χ3n) is 2.67. The molecule has 0 atom stereocenters. The molecule has 1 aliphatic rings. The third-order valence-corrected chi connectivity index (χ3v) is 2.67. The van der Waals surface area contributed by atoms with E-state index in [1.54, 1.807) is 0 Å². The predicted molar refractivity (Wildman–Crippen MR) is 65.3 cm³/mol. The minimum Gasteiger partial charge on any atom is -0.490 e. The number of nitrogens with zero attached hydrogens (tertiary/aromatic N) is 3. The van der Waals surface area contributed by atoms with Crippen LogP contribution in [0, 0.1) is 0 Å². The van der Waals surface area contributed by atoms with Gasteiger partial charge in [-0.15, -0.1) is 10.2 Å². The maximum Gasteiger partial charge on any atom is 0.161 e. The van der Waals surface area contributed by atoms with Crippen molar-refractivity contribution in [2.75, 3.05) is 18.9 Å². The summed E-state index contributed by atoms with van der Waals surface area (Å²) in [7, 11) is 0. The molecule has 0 spiro atoms. The van der Waals surface area contributed by atoms with Crippen LogP contribution < -0.4 is 15.2 Å². The normalized spacial score (nSPS) is 14.0. The van der Waals surface area contributed by atoms with Gasteiger partial charge >= 0.3 is 0 Å². The Morgan fingerprint density at radius 2 is 1.94 bits per heavy atom. The van der Waals surface area contributed by atoms with E-state index < -0.39 is 0 Å². The molecule has 2 heterocycles. The fourth-order valence-electron chi connectivity index (χ4n) is 1.80. The van der Waals surface area contributed by atoms with E-state index in [0.29, 0.717) is 30.5 Å². The van der Waals surface area contributed by atoms with Crippen LogP contribution in [0.2, 0.25) is 0 Å². The number of anilines is 1. The predicted octanol–water partition coefficient (Wildman–Crippen LogP) is 1.28. The van der Waals surface area contributed by atoms with Gasteiger partial charge in [0.15, 0.2) is 17.3 Å². The van der Waals surface area contributed by atoms with Crippen LogP contribution in [-0.2, 0) is 0 Å². The molecule has 0 amide bonds. The summed E-state index contributed by atoms with van der Waals surface area (Å²) < 4.78 is 11.2. The highest BCUT2D eigenvalue weighted by atomic mass is 16.5. The molecule has 0 unspecified atom stereocenters. The molecule has 92 valence electrons. The van der Waals surface area contributed by atoms with Crippen molar-refractivity contribution >= 4 is 5.82 Å². The van der Waals surface area contributed by atoms with Gasteiger partial charge in [-0.3, -0.25) is 0 Å². The summed E-state index contributed by atoms with van der Waals surface area (Å²) in [6.45, 7) is 1.31. The van der Waals surface area contributed by atoms with E-state index in [0.717, 1.165) is 17.7 Å². The topological polar surface area (TPSA) is 83.2 Å². The maximum absolute atomic E-state index is 5.77. The number of hydrogen-bond donors (Lipinski definition) is 1. The SMILES string of the molecule is Nc1ncnnc1-c1ccc2c(c1)OCCCO2. The minimum absolute atomic E-state index is 0.347. The van der Waals surface area contributed by atoms with Gasteiger partial charge in [-0.25, -0.2) is 4.98 Å². The molecule has 6 heteroatoms. The monoisotopic (exact) mass is 244 g/mol. The van der Waals surface area contributed by atoms with Gasteiger partial charge in [-0.1, -0.05) is 0 Å². The van der Waals surface area contributed by atoms with Crippen LogP contribution in [0.5, 0.6) is 11.5 Å². The first kappa shape index (κ1) is 10.8. The molecular weight excluding hydrogens is 232 g/mol. The van der Waals surface area contributed by atoms with Crippen molar-refractivity contribution in [3.05, 3.63) is 24.5 Å². The van der Waals surface area contributed by atoms with Crippen LogP contribution in [0.4, 0.5) is 5.82 Å². The van der Waals surface area contributed by atoms with Crippen LogP contribution >= 0.6 is 0 Å². The summed E-state index contributed by atoms with van der Waals surface area (Å²) in [5.41, 5.74) is 7.14. The zero-order valence-electron chi connectivity index (χ0n) is 9.67. The van der Waals surface area contributed by atoms with Crippen molar-refractivity contribution in [1.29, 1.82) is 0 Å². The zero-order chi connectivity index (χ0) is 12.4. The Hall–Kier alpha value is -2.37. The quantitative estimate of drug-likeness (QED) is 0.813. The number of rotatable bonds is 1. The number of nitrogen functional groups attached to an aromatic ring is 1. The van der Waals surface area contributed by atoms with E-state index in [1.807, 2.05) is 18.2 Å². The highest BCUT2D eigenvalue weighted by Gasteiger charge is 2.13. The lowest BCUT2D eigenvalue weighted by Crippen LogP contribution is -1.99. The summed E-state index contributed by atoms with van der Waals surface area (Å²) >= 11 is 0. The van der Waals surface area contributed by atoms with E-state index in [1.165, 1.54) is 6.33 Å². The first-order valence-electron chi connectivity index (χ1n) is 5.68. The Labute approximate surface area is 104 Å². The molecule has 0 radical (unpaired) electrons. The maximum atomic E-state index is 5.77. The molecule has 0 aliphatic carbocycles. The molecule has 3 rings (SSSR count). The van der Waals surface area contributed by atoms with Crippen LogP contribution in [0.15, 0.2) is 24.5 Å². The molecule has 1 aromatic carbocycles. The molecule has 18 heavy (non-hydrogen) atoms. The van der Waals surface area contributed by atoms with Crippen molar-refractivity contribution in [2.24, 2.45) is 0 Å². The molecule has 0 saturated carbocycles. The number of benzene rings is 1. The summed E-state index contributed by atoms with van der Waals surface area (Å²) in [5.74, 6) is 1.79. The van der Waals surface area contributed by atoms with Crippen molar-refractivity contribution in [2.45, 2.75) is 6.42 Å². The number of fused-ring (bicyclic) bond motifs is 1. The van der Waals surface area contributed by atoms with Gasteiger partial charge in [-0.05, 0) is 18.2 Å². The van der Waals surface area contributed by atoms with Gasteiger partial charge in [0.05, 0.1) is 13.2 Å². The molecule has 2 N–H and O–H groups in total. The van der Waals surface area contributed by atoms with E-state index in [9.17, 15) is 0 Å². The van der Waals surface area contributed by atoms with Gasteiger partial charge in [0, 0.05) is 12.0 Å². The first-order valence-corrected chi connectivity index (χ1v) is 5.68. The molecule has 0 saturated heterocycles. The summed E-state index contributed by atoms with van der Waals surface area (Å²) in [6, 6.07) is 5.57. The van der Waals surface area contributed by atoms with Crippen LogP contribution in [0.3, 0.4) is 0 Å². The van der Waals surface area contributed by atoms with Gasteiger partial charge in [0.1, 0.15) is 12.0 Å². The molecule has 0 fully saturated rings. The molecule has 1 aromatic heterocycles. The molecule has 0 bridgehead atoms. The Bertz CT molecular complexity index is 574. The van der Waals surface area contributed by atoms with E-state index in [4.69, 9.17) is 15.2 Å². The standard InChI is InChI=1S/C12H12N4O2/c13-12-11(16-15-7-14-12)8-2-3-9-10(6-8)18-5-1-4-17-9/h2-3,6-7H,1,4-5H2,(H2,13,14,15). The summed E-state index contributed by atoms with van der Waals surface area (Å²) in [4.78, 5) is 3.92. The highest BCUT2D eigenvalue weighted by Crippen LogP contribution is 2.34. The van der Waals surface area contributed by atoms with E-state index in [2.05, 4.69) is 15.2 Å². The molecular formula is C12H12N4O2. The smallest absolute Gasteiger partial charge is 0.161 e. The molecule has 1 aliphatic heterocycles. The minimum atomic E-state index is 0.347. The Kier molecular flexibility index (Phi) is 2.68. The summed E-state index contributed by atoms with van der Waals surface area (Å²) in [6.07, 6.45) is 2.20. The lowest BCUT2D eigenvalue weighted by atomic mass is 10.1. The van der Waals surface area contributed by atoms with Gasteiger partial charge in [0.2, 0.25) is 0 Å². The van der Waals surface area contributed by atoms with Crippen molar-refractivity contribution in [3.63, 3.8) is 0 Å². The van der Waals surface area contributed by atoms with Crippen molar-refractivity contribution < 1.29 is 9.47 Å². The Morgan fingerprint density at radius 3 is 2.78 bits per heavy atom. The molecule has 6 nitrogen and oxygen atoms in total. The first-order chi connectivity index (χ1) is 8.84. The van der Waals surface area contributed by atoms with Gasteiger partial charge in [-0.2, -0.15) is 0 Å². The largest absolute Gasteiger partial charge is 0.490 e. The lowest BCUT2D eigenvalue weighted by Gasteiger charge is -2.09. The average molecular weight is 244 g/mol. The number of nitrogens with two attached hydrogens (primary N) is 1. The fourth-order valence-corrected chi connectivity index (χ4v) is 1.80. The highest BCUT2D eigenvalue weighted by molar-refractivity contribution is 5.71. The van der Waals surface area contributed by atoms with E-state index >= 15 is 0 Å². The van der Waals surface area contributed by atoms with E-state index in [-0.39, 0.29) is 0 Å². The van der Waals surface area contributed by atoms with Gasteiger partial charge in [0.25, 0.3) is 0 Å². The Balaban J connectivity index is 2.04. The van der Waals surface area contributed by atoms with Crippen molar-refractivity contribution in [1.82, 2.24) is 15.2 Å². The second-order valence-corrected chi connectivity index (χ2v) is 3.91. The summed E-state index contributed by atoms with van der Waals surface area (Å²) in [5, 5.41) is 7.73. The fraction of sp³-hybridized carbons (Fsp3) is 0.250. The number of hydrogen-bond acceptors (Lipinski definition) is 6. The average Bonchev–Trinajstić information content (AvgIpc) is 2.63. The third kappa shape index (κ3) is 1.92. The number of ether oxygens (including phenoxy) is 2. The van der Waals surface area contributed by atoms with Crippen molar-refractivity contribution in [3.8, 4) is 22.8 Å².